The van der Waals surface area contributed by atoms with E-state index in [1.807, 2.05) is 74.5 Å². The molecule has 0 atom stereocenters. The summed E-state index contributed by atoms with van der Waals surface area (Å²) >= 11 is 0. The van der Waals surface area contributed by atoms with Crippen molar-refractivity contribution >= 4 is 11.5 Å². The molecule has 9 nitrogen and oxygen atoms in total. The fourth-order valence-electron chi connectivity index (χ4n) is 3.25. The summed E-state index contributed by atoms with van der Waals surface area (Å²) in [6.45, 7) is 3.99. The number of hydrogen-bond acceptors (Lipinski definition) is 8. The zero-order valence-corrected chi connectivity index (χ0v) is 18.0. The van der Waals surface area contributed by atoms with Gasteiger partial charge in [-0.1, -0.05) is 6.07 Å². The van der Waals surface area contributed by atoms with Crippen LogP contribution >= 0.6 is 0 Å². The van der Waals surface area contributed by atoms with Crippen molar-refractivity contribution in [2.24, 2.45) is 0 Å². The van der Waals surface area contributed by atoms with Crippen LogP contribution < -0.4 is 10.1 Å². The van der Waals surface area contributed by atoms with Crippen molar-refractivity contribution < 1.29 is 4.74 Å². The molecule has 4 aromatic heterocycles. The highest BCUT2D eigenvalue weighted by Gasteiger charge is 2.13. The van der Waals surface area contributed by atoms with Crippen LogP contribution in [-0.2, 0) is 0 Å². The summed E-state index contributed by atoms with van der Waals surface area (Å²) < 4.78 is 6.24. The van der Waals surface area contributed by atoms with Crippen molar-refractivity contribution in [1.29, 1.82) is 0 Å². The second-order valence-electron chi connectivity index (χ2n) is 7.37. The van der Waals surface area contributed by atoms with Crippen LogP contribution in [-0.4, -0.2) is 35.6 Å². The topological polar surface area (TPSA) is 114 Å². The van der Waals surface area contributed by atoms with Gasteiger partial charge >= 0.3 is 0 Å². The first-order chi connectivity index (χ1) is 16.2. The van der Waals surface area contributed by atoms with Gasteiger partial charge in [-0.15, -0.1) is 10.2 Å². The second kappa shape index (κ2) is 8.83. The first-order valence-electron chi connectivity index (χ1n) is 10.3. The molecule has 0 saturated heterocycles. The van der Waals surface area contributed by atoms with Gasteiger partial charge in [0.05, 0.1) is 5.69 Å². The van der Waals surface area contributed by atoms with Gasteiger partial charge in [-0.05, 0) is 73.2 Å². The maximum absolute atomic E-state index is 6.24. The third-order valence-corrected chi connectivity index (χ3v) is 5.06. The van der Waals surface area contributed by atoms with E-state index in [1.54, 1.807) is 12.4 Å². The Morgan fingerprint density at radius 1 is 0.909 bits per heavy atom. The molecule has 2 N–H and O–H groups in total. The normalized spacial score (nSPS) is 10.7. The van der Waals surface area contributed by atoms with Crippen LogP contribution in [0.2, 0.25) is 0 Å². The van der Waals surface area contributed by atoms with Gasteiger partial charge in [0.1, 0.15) is 17.3 Å². The maximum Gasteiger partial charge on any atom is 0.204 e. The molecule has 0 bridgehead atoms. The Bertz CT molecular complexity index is 1370. The quantitative estimate of drug-likeness (QED) is 0.387. The summed E-state index contributed by atoms with van der Waals surface area (Å²) in [7, 11) is 0. The third kappa shape index (κ3) is 4.52. The van der Waals surface area contributed by atoms with Crippen LogP contribution in [0.3, 0.4) is 0 Å². The summed E-state index contributed by atoms with van der Waals surface area (Å²) in [6, 6.07) is 19.0. The van der Waals surface area contributed by atoms with Gasteiger partial charge in [-0.3, -0.25) is 4.98 Å². The molecule has 5 rings (SSSR count). The van der Waals surface area contributed by atoms with Crippen LogP contribution in [0.4, 0.5) is 11.5 Å². The summed E-state index contributed by atoms with van der Waals surface area (Å²) in [4.78, 5) is 13.6. The van der Waals surface area contributed by atoms with E-state index in [1.165, 1.54) is 0 Å². The minimum atomic E-state index is 0.542. The molecule has 0 amide bonds. The molecule has 0 aliphatic carbocycles. The molecule has 162 valence electrons. The average molecular weight is 436 g/mol. The van der Waals surface area contributed by atoms with Crippen LogP contribution in [0.1, 0.15) is 11.3 Å². The lowest BCUT2D eigenvalue weighted by Gasteiger charge is -2.13. The van der Waals surface area contributed by atoms with Crippen molar-refractivity contribution in [1.82, 2.24) is 35.6 Å². The Morgan fingerprint density at radius 3 is 2.55 bits per heavy atom. The first kappa shape index (κ1) is 20.3. The largest absolute Gasteiger partial charge is 0.455 e. The zero-order valence-electron chi connectivity index (χ0n) is 18.0. The van der Waals surface area contributed by atoms with E-state index in [2.05, 4.69) is 35.9 Å². The van der Waals surface area contributed by atoms with Crippen molar-refractivity contribution in [2.75, 3.05) is 5.32 Å². The molecule has 33 heavy (non-hydrogen) atoms. The Morgan fingerprint density at radius 2 is 1.79 bits per heavy atom. The zero-order chi connectivity index (χ0) is 22.6. The number of aromatic nitrogens is 7. The first-order valence-corrected chi connectivity index (χ1v) is 10.3. The molecule has 5 aromatic rings. The molecule has 0 saturated carbocycles. The van der Waals surface area contributed by atoms with E-state index in [0.29, 0.717) is 28.8 Å². The van der Waals surface area contributed by atoms with Gasteiger partial charge in [-0.2, -0.15) is 5.21 Å². The van der Waals surface area contributed by atoms with E-state index in [4.69, 9.17) is 9.72 Å². The predicted molar refractivity (Wildman–Crippen MR) is 124 cm³/mol. The molecule has 0 fully saturated rings. The standard InChI is InChI=1S/C24H20N8O/c1-15-13-21(23(27-16(15)2)20-5-3-4-11-25-20)33-19-10-12-26-22(14-19)28-18-8-6-17(7-9-18)24-29-31-32-30-24/h3-14H,1-2H3,(H,26,28)(H,29,30,31,32). The second-order valence-corrected chi connectivity index (χ2v) is 7.37. The average Bonchev–Trinajstić information content (AvgIpc) is 3.38. The summed E-state index contributed by atoms with van der Waals surface area (Å²) in [5.74, 6) is 2.47. The number of anilines is 2. The smallest absolute Gasteiger partial charge is 0.204 e. The molecule has 9 heteroatoms. The Labute approximate surface area is 189 Å². The Kier molecular flexibility index (Phi) is 5.42. The van der Waals surface area contributed by atoms with Crippen molar-refractivity contribution in [3.63, 3.8) is 0 Å². The van der Waals surface area contributed by atoms with Gasteiger partial charge < -0.3 is 10.1 Å². The van der Waals surface area contributed by atoms with Gasteiger partial charge in [0.15, 0.2) is 5.75 Å². The van der Waals surface area contributed by atoms with Crippen LogP contribution in [0.5, 0.6) is 11.5 Å². The fourth-order valence-corrected chi connectivity index (χ4v) is 3.25. The minimum absolute atomic E-state index is 0.542. The summed E-state index contributed by atoms with van der Waals surface area (Å²) in [5.41, 5.74) is 5.16. The fraction of sp³-hybridized carbons (Fsp3) is 0.0833. The van der Waals surface area contributed by atoms with E-state index in [-0.39, 0.29) is 0 Å². The Hall–Kier alpha value is -4.66. The van der Waals surface area contributed by atoms with Gasteiger partial charge in [0.25, 0.3) is 0 Å². The van der Waals surface area contributed by atoms with Crippen LogP contribution in [0.15, 0.2) is 73.1 Å². The number of nitrogens with one attached hydrogen (secondary N) is 2. The van der Waals surface area contributed by atoms with Gasteiger partial charge in [0, 0.05) is 35.4 Å². The van der Waals surface area contributed by atoms with E-state index >= 15 is 0 Å². The number of pyridine rings is 3. The number of benzene rings is 1. The maximum atomic E-state index is 6.24. The predicted octanol–water partition coefficient (Wildman–Crippen LogP) is 4.87. The Balaban J connectivity index is 1.39. The minimum Gasteiger partial charge on any atom is -0.455 e. The number of rotatable bonds is 6. The van der Waals surface area contributed by atoms with E-state index in [9.17, 15) is 0 Å². The number of H-pyrrole nitrogens is 1. The van der Waals surface area contributed by atoms with Crippen LogP contribution in [0.25, 0.3) is 22.8 Å². The van der Waals surface area contributed by atoms with Crippen LogP contribution in [0, 0.1) is 13.8 Å². The molecule has 0 spiro atoms. The van der Waals surface area contributed by atoms with Crippen molar-refractivity contribution in [2.45, 2.75) is 13.8 Å². The molecule has 0 aliphatic rings. The van der Waals surface area contributed by atoms with E-state index < -0.39 is 0 Å². The molecule has 0 aliphatic heterocycles. The molecule has 1 aromatic carbocycles. The SMILES string of the molecule is Cc1cc(Oc2ccnc(Nc3ccc(-c4nn[nH]n4)cc3)c2)c(-c2ccccn2)nc1C. The molecule has 0 unspecified atom stereocenters. The number of ether oxygens (including phenoxy) is 1. The van der Waals surface area contributed by atoms with Gasteiger partial charge in [-0.25, -0.2) is 9.97 Å². The number of nitrogens with zero attached hydrogens (tertiary/aromatic N) is 6. The molecule has 0 radical (unpaired) electrons. The molecule has 4 heterocycles. The monoisotopic (exact) mass is 436 g/mol. The lowest BCUT2D eigenvalue weighted by molar-refractivity contribution is 0.481. The number of aryl methyl sites for hydroxylation is 2. The highest BCUT2D eigenvalue weighted by atomic mass is 16.5. The van der Waals surface area contributed by atoms with E-state index in [0.717, 1.165) is 28.2 Å². The van der Waals surface area contributed by atoms with Crippen molar-refractivity contribution in [3.8, 4) is 34.3 Å². The number of aromatic amines is 1. The van der Waals surface area contributed by atoms with Gasteiger partial charge in [0.2, 0.25) is 5.82 Å². The lowest BCUT2D eigenvalue weighted by atomic mass is 10.1. The highest BCUT2D eigenvalue weighted by Crippen LogP contribution is 2.33. The summed E-state index contributed by atoms with van der Waals surface area (Å²) in [6.07, 6.45) is 3.44. The number of tetrazole rings is 1. The van der Waals surface area contributed by atoms with Crippen molar-refractivity contribution in [3.05, 3.63) is 84.3 Å². The summed E-state index contributed by atoms with van der Waals surface area (Å²) in [5, 5.41) is 17.3. The molecular weight excluding hydrogens is 416 g/mol. The third-order valence-electron chi connectivity index (χ3n) is 5.06. The molecular formula is C24H20N8O. The highest BCUT2D eigenvalue weighted by molar-refractivity contribution is 5.66. The lowest BCUT2D eigenvalue weighted by Crippen LogP contribution is -1.98. The number of hydrogen-bond donors (Lipinski definition) is 2.